The van der Waals surface area contributed by atoms with Gasteiger partial charge in [0.15, 0.2) is 5.82 Å². The van der Waals surface area contributed by atoms with Crippen molar-refractivity contribution in [3.8, 4) is 23.3 Å². The predicted molar refractivity (Wildman–Crippen MR) is 133 cm³/mol. The Hall–Kier alpha value is -4.37. The van der Waals surface area contributed by atoms with Gasteiger partial charge in [-0.2, -0.15) is 20.7 Å². The van der Waals surface area contributed by atoms with Gasteiger partial charge in [0, 0.05) is 23.6 Å². The minimum absolute atomic E-state index is 0.0460. The molecular formula is C26H26N8O. The third-order valence-corrected chi connectivity index (χ3v) is 6.73. The molecule has 0 saturated heterocycles. The molecule has 1 fully saturated rings. The number of aryl methyl sites for hydroxylation is 2. The summed E-state index contributed by atoms with van der Waals surface area (Å²) in [6.07, 6.45) is 9.60. The van der Waals surface area contributed by atoms with Gasteiger partial charge >= 0.3 is 0 Å². The number of nitrogens with one attached hydrogen (secondary N) is 2. The average Bonchev–Trinajstić information content (AvgIpc) is 3.48. The van der Waals surface area contributed by atoms with Gasteiger partial charge in [0.25, 0.3) is 5.56 Å². The lowest BCUT2D eigenvalue weighted by Gasteiger charge is -2.27. The molecule has 5 rings (SSSR count). The summed E-state index contributed by atoms with van der Waals surface area (Å²) in [7, 11) is 0. The highest BCUT2D eigenvalue weighted by molar-refractivity contribution is 5.91. The Labute approximate surface area is 202 Å². The number of aromatic amines is 1. The second-order valence-electron chi connectivity index (χ2n) is 9.00. The largest absolute Gasteiger partial charge is 0.338 e. The molecule has 3 heterocycles. The van der Waals surface area contributed by atoms with Gasteiger partial charge < -0.3 is 10.3 Å². The van der Waals surface area contributed by atoms with Gasteiger partial charge in [-0.05, 0) is 49.1 Å². The standard InChI is InChI=1S/C26H26N8O/c1-17-13-20(7-8-21(17)19-15-30-33(16-19)12-4-10-27)31-25-24-23(9-11-29-26(24)35)34(32-25)22-6-3-2-5-18(22)14-28/h7-9,11,13,15-16,18,22H,2-6,12H2,1H3,(H,29,35)(H,31,32)/t18?,22-/m0/s1. The van der Waals surface area contributed by atoms with Crippen molar-refractivity contribution >= 4 is 22.4 Å². The number of hydrogen-bond acceptors (Lipinski definition) is 6. The number of benzene rings is 1. The molecule has 1 unspecified atom stereocenters. The molecule has 2 atom stereocenters. The summed E-state index contributed by atoms with van der Waals surface area (Å²) in [5.41, 5.74) is 4.42. The Morgan fingerprint density at radius 1 is 1.23 bits per heavy atom. The number of aromatic nitrogens is 5. The molecule has 0 bridgehead atoms. The average molecular weight is 467 g/mol. The molecular weight excluding hydrogens is 440 g/mol. The van der Waals surface area contributed by atoms with Crippen LogP contribution in [-0.4, -0.2) is 24.5 Å². The summed E-state index contributed by atoms with van der Waals surface area (Å²) < 4.78 is 3.64. The number of nitrogens with zero attached hydrogens (tertiary/aromatic N) is 6. The second-order valence-corrected chi connectivity index (χ2v) is 9.00. The minimum Gasteiger partial charge on any atom is -0.338 e. The van der Waals surface area contributed by atoms with Gasteiger partial charge in [-0.3, -0.25) is 14.2 Å². The molecule has 0 spiro atoms. The van der Waals surface area contributed by atoms with Gasteiger partial charge in [0.2, 0.25) is 0 Å². The molecule has 3 aromatic heterocycles. The van der Waals surface area contributed by atoms with Crippen LogP contribution in [0.15, 0.2) is 47.7 Å². The van der Waals surface area contributed by atoms with Gasteiger partial charge in [0.05, 0.1) is 48.8 Å². The SMILES string of the molecule is Cc1cc(Nc2nn([C@H]3CCCCC3C#N)c3cc[nH]c(=O)c23)ccc1-c1cnn(CCC#N)c1. The van der Waals surface area contributed by atoms with E-state index < -0.39 is 0 Å². The first-order valence-electron chi connectivity index (χ1n) is 11.9. The van der Waals surface area contributed by atoms with Crippen molar-refractivity contribution in [2.45, 2.75) is 51.6 Å². The first kappa shape index (κ1) is 22.4. The highest BCUT2D eigenvalue weighted by atomic mass is 16.1. The summed E-state index contributed by atoms with van der Waals surface area (Å²) in [6.45, 7) is 2.59. The zero-order valence-electron chi connectivity index (χ0n) is 19.5. The molecule has 1 saturated carbocycles. The summed E-state index contributed by atoms with van der Waals surface area (Å²) in [5.74, 6) is 0.371. The quantitative estimate of drug-likeness (QED) is 0.420. The van der Waals surface area contributed by atoms with E-state index in [1.165, 1.54) is 0 Å². The van der Waals surface area contributed by atoms with Crippen LogP contribution in [-0.2, 0) is 6.54 Å². The van der Waals surface area contributed by atoms with E-state index in [1.54, 1.807) is 17.1 Å². The number of hydrogen-bond donors (Lipinski definition) is 2. The molecule has 0 aliphatic heterocycles. The highest BCUT2D eigenvalue weighted by Gasteiger charge is 2.29. The fourth-order valence-electron chi connectivity index (χ4n) is 4.99. The molecule has 1 aromatic carbocycles. The van der Waals surface area contributed by atoms with E-state index in [4.69, 9.17) is 10.4 Å². The lowest BCUT2D eigenvalue weighted by molar-refractivity contribution is 0.277. The van der Waals surface area contributed by atoms with Gasteiger partial charge in [-0.1, -0.05) is 18.9 Å². The third-order valence-electron chi connectivity index (χ3n) is 6.73. The molecule has 1 aliphatic rings. The van der Waals surface area contributed by atoms with Crippen molar-refractivity contribution in [3.63, 3.8) is 0 Å². The molecule has 1 aliphatic carbocycles. The van der Waals surface area contributed by atoms with E-state index in [0.29, 0.717) is 24.2 Å². The molecule has 0 amide bonds. The first-order valence-corrected chi connectivity index (χ1v) is 11.9. The Kier molecular flexibility index (Phi) is 6.07. The Bertz CT molecular complexity index is 1510. The van der Waals surface area contributed by atoms with E-state index in [-0.39, 0.29) is 17.5 Å². The lowest BCUT2D eigenvalue weighted by Crippen LogP contribution is -2.23. The summed E-state index contributed by atoms with van der Waals surface area (Å²) in [5, 5.41) is 31.5. The topological polar surface area (TPSA) is 128 Å². The van der Waals surface area contributed by atoms with Gasteiger partial charge in [-0.15, -0.1) is 0 Å². The van der Waals surface area contributed by atoms with Crippen LogP contribution in [0, 0.1) is 35.5 Å². The molecule has 4 aromatic rings. The van der Waals surface area contributed by atoms with Gasteiger partial charge in [0.1, 0.15) is 5.39 Å². The third kappa shape index (κ3) is 4.29. The Morgan fingerprint density at radius 3 is 2.89 bits per heavy atom. The fraction of sp³-hybridized carbons (Fsp3) is 0.346. The van der Waals surface area contributed by atoms with Crippen LogP contribution < -0.4 is 10.9 Å². The normalized spacial score (nSPS) is 17.7. The van der Waals surface area contributed by atoms with Crippen LogP contribution in [0.25, 0.3) is 22.0 Å². The van der Waals surface area contributed by atoms with Crippen molar-refractivity contribution in [1.29, 1.82) is 10.5 Å². The van der Waals surface area contributed by atoms with E-state index in [2.05, 4.69) is 27.5 Å². The van der Waals surface area contributed by atoms with Crippen molar-refractivity contribution in [2.75, 3.05) is 5.32 Å². The number of rotatable bonds is 6. The highest BCUT2D eigenvalue weighted by Crippen LogP contribution is 2.37. The second kappa shape index (κ2) is 9.47. The summed E-state index contributed by atoms with van der Waals surface area (Å²) in [6, 6.07) is 12.4. The molecule has 176 valence electrons. The number of nitriles is 2. The number of H-pyrrole nitrogens is 1. The monoisotopic (exact) mass is 466 g/mol. The number of pyridine rings is 1. The number of anilines is 2. The van der Waals surface area contributed by atoms with Crippen molar-refractivity contribution in [1.82, 2.24) is 24.5 Å². The molecule has 2 N–H and O–H groups in total. The van der Waals surface area contributed by atoms with Crippen LogP contribution in [0.1, 0.15) is 43.7 Å². The van der Waals surface area contributed by atoms with Crippen LogP contribution in [0.4, 0.5) is 11.5 Å². The van der Waals surface area contributed by atoms with E-state index in [1.807, 2.05) is 42.1 Å². The Morgan fingerprint density at radius 2 is 2.09 bits per heavy atom. The van der Waals surface area contributed by atoms with E-state index in [0.717, 1.165) is 53.6 Å². The summed E-state index contributed by atoms with van der Waals surface area (Å²) >= 11 is 0. The van der Waals surface area contributed by atoms with Crippen molar-refractivity contribution in [2.24, 2.45) is 5.92 Å². The fourth-order valence-corrected chi connectivity index (χ4v) is 4.99. The molecule has 9 heteroatoms. The lowest BCUT2D eigenvalue weighted by atomic mass is 9.85. The maximum Gasteiger partial charge on any atom is 0.261 e. The van der Waals surface area contributed by atoms with Gasteiger partial charge in [-0.25, -0.2) is 0 Å². The molecule has 9 nitrogen and oxygen atoms in total. The van der Waals surface area contributed by atoms with E-state index in [9.17, 15) is 10.1 Å². The van der Waals surface area contributed by atoms with Crippen molar-refractivity contribution in [3.05, 3.63) is 58.8 Å². The zero-order valence-corrected chi connectivity index (χ0v) is 19.5. The zero-order chi connectivity index (χ0) is 24.4. The minimum atomic E-state index is -0.210. The van der Waals surface area contributed by atoms with E-state index >= 15 is 0 Å². The first-order chi connectivity index (χ1) is 17.1. The van der Waals surface area contributed by atoms with Crippen LogP contribution in [0.2, 0.25) is 0 Å². The predicted octanol–water partition coefficient (Wildman–Crippen LogP) is 4.81. The molecule has 35 heavy (non-hydrogen) atoms. The van der Waals surface area contributed by atoms with Crippen LogP contribution in [0.5, 0.6) is 0 Å². The number of fused-ring (bicyclic) bond motifs is 1. The maximum absolute atomic E-state index is 12.8. The van der Waals surface area contributed by atoms with Crippen LogP contribution >= 0.6 is 0 Å². The smallest absolute Gasteiger partial charge is 0.261 e. The van der Waals surface area contributed by atoms with Crippen LogP contribution in [0.3, 0.4) is 0 Å². The molecule has 0 radical (unpaired) electrons. The maximum atomic E-state index is 12.8. The van der Waals surface area contributed by atoms with Crippen molar-refractivity contribution < 1.29 is 0 Å². The Balaban J connectivity index is 1.47. The summed E-state index contributed by atoms with van der Waals surface area (Å²) in [4.78, 5) is 15.5.